The van der Waals surface area contributed by atoms with Crippen molar-refractivity contribution in [2.45, 2.75) is 6.54 Å². The SMILES string of the molecule is CN(Cc1cc(/C=C/C(=O)O)cs1)C(=O)c1csc(Br)c1. The van der Waals surface area contributed by atoms with Crippen molar-refractivity contribution in [1.82, 2.24) is 4.90 Å². The summed E-state index contributed by atoms with van der Waals surface area (Å²) in [6, 6.07) is 3.69. The van der Waals surface area contributed by atoms with Crippen LogP contribution in [0.25, 0.3) is 6.08 Å². The highest BCUT2D eigenvalue weighted by Crippen LogP contribution is 2.23. The summed E-state index contributed by atoms with van der Waals surface area (Å²) in [7, 11) is 1.75. The van der Waals surface area contributed by atoms with Crippen molar-refractivity contribution in [2.24, 2.45) is 0 Å². The highest BCUT2D eigenvalue weighted by Gasteiger charge is 2.14. The zero-order chi connectivity index (χ0) is 15.4. The van der Waals surface area contributed by atoms with E-state index >= 15 is 0 Å². The quantitative estimate of drug-likeness (QED) is 0.792. The molecule has 1 N–H and O–H groups in total. The lowest BCUT2D eigenvalue weighted by Crippen LogP contribution is -2.25. The number of thiophene rings is 2. The van der Waals surface area contributed by atoms with Crippen molar-refractivity contribution in [1.29, 1.82) is 0 Å². The number of hydrogen-bond donors (Lipinski definition) is 1. The molecule has 0 aliphatic heterocycles. The maximum atomic E-state index is 12.2. The molecule has 0 radical (unpaired) electrons. The molecule has 2 aromatic heterocycles. The molecule has 2 aromatic rings. The molecule has 2 heterocycles. The van der Waals surface area contributed by atoms with Crippen LogP contribution in [0, 0.1) is 0 Å². The summed E-state index contributed by atoms with van der Waals surface area (Å²) in [5.41, 5.74) is 1.49. The second-order valence-electron chi connectivity index (χ2n) is 4.32. The van der Waals surface area contributed by atoms with Crippen LogP contribution in [0.5, 0.6) is 0 Å². The summed E-state index contributed by atoms with van der Waals surface area (Å²) >= 11 is 6.32. The Kier molecular flexibility index (Phi) is 5.33. The fraction of sp³-hybridized carbons (Fsp3) is 0.143. The molecular weight excluding hydrogens is 374 g/mol. The Morgan fingerprint density at radius 2 is 2.10 bits per heavy atom. The number of halogens is 1. The van der Waals surface area contributed by atoms with Crippen molar-refractivity contribution in [3.05, 3.63) is 48.8 Å². The summed E-state index contributed by atoms with van der Waals surface area (Å²) < 4.78 is 0.927. The summed E-state index contributed by atoms with van der Waals surface area (Å²) in [4.78, 5) is 25.3. The van der Waals surface area contributed by atoms with E-state index in [4.69, 9.17) is 5.11 Å². The van der Waals surface area contributed by atoms with Gasteiger partial charge in [-0.15, -0.1) is 22.7 Å². The average molecular weight is 386 g/mol. The summed E-state index contributed by atoms with van der Waals surface area (Å²) in [6.45, 7) is 0.498. The van der Waals surface area contributed by atoms with Crippen LogP contribution in [0.15, 0.2) is 32.8 Å². The van der Waals surface area contributed by atoms with E-state index in [-0.39, 0.29) is 5.91 Å². The van der Waals surface area contributed by atoms with Crippen molar-refractivity contribution >= 4 is 56.6 Å². The van der Waals surface area contributed by atoms with Gasteiger partial charge in [-0.3, -0.25) is 4.79 Å². The Balaban J connectivity index is 2.01. The molecule has 0 saturated heterocycles. The molecule has 0 fully saturated rings. The van der Waals surface area contributed by atoms with Crippen LogP contribution in [0.3, 0.4) is 0 Å². The summed E-state index contributed by atoms with van der Waals surface area (Å²) in [6.07, 6.45) is 2.64. The molecule has 2 rings (SSSR count). The predicted molar refractivity (Wildman–Crippen MR) is 88.8 cm³/mol. The fourth-order valence-electron chi connectivity index (χ4n) is 1.68. The van der Waals surface area contributed by atoms with Gasteiger partial charge in [0.25, 0.3) is 5.91 Å². The van der Waals surface area contributed by atoms with Gasteiger partial charge >= 0.3 is 5.97 Å². The normalized spacial score (nSPS) is 11.0. The molecule has 1 amide bonds. The molecule has 0 aliphatic rings. The number of carboxylic acid groups (broad SMARTS) is 1. The minimum atomic E-state index is -0.974. The smallest absolute Gasteiger partial charge is 0.328 e. The molecule has 0 atom stereocenters. The number of aliphatic carboxylic acids is 1. The van der Waals surface area contributed by atoms with Crippen molar-refractivity contribution in [3.8, 4) is 0 Å². The third kappa shape index (κ3) is 4.52. The van der Waals surface area contributed by atoms with Crippen molar-refractivity contribution in [2.75, 3.05) is 7.05 Å². The number of carboxylic acids is 1. The van der Waals surface area contributed by atoms with E-state index in [1.165, 1.54) is 22.7 Å². The number of amides is 1. The molecule has 4 nitrogen and oxygen atoms in total. The lowest BCUT2D eigenvalue weighted by molar-refractivity contribution is -0.131. The maximum absolute atomic E-state index is 12.2. The van der Waals surface area contributed by atoms with E-state index in [1.807, 2.05) is 16.8 Å². The number of rotatable bonds is 5. The molecule has 0 aromatic carbocycles. The highest BCUT2D eigenvalue weighted by molar-refractivity contribution is 9.11. The first-order valence-corrected chi connectivity index (χ1v) is 8.49. The van der Waals surface area contributed by atoms with E-state index in [2.05, 4.69) is 15.9 Å². The topological polar surface area (TPSA) is 57.6 Å². The number of carbonyl (C=O) groups is 2. The first-order valence-electron chi connectivity index (χ1n) is 5.93. The molecule has 0 spiro atoms. The number of carbonyl (C=O) groups excluding carboxylic acids is 1. The Bertz CT molecular complexity index is 690. The van der Waals surface area contributed by atoms with Gasteiger partial charge in [0.15, 0.2) is 0 Å². The van der Waals surface area contributed by atoms with Gasteiger partial charge < -0.3 is 10.0 Å². The third-order valence-electron chi connectivity index (χ3n) is 2.65. The van der Waals surface area contributed by atoms with E-state index in [0.717, 1.165) is 20.3 Å². The lowest BCUT2D eigenvalue weighted by Gasteiger charge is -2.15. The largest absolute Gasteiger partial charge is 0.478 e. The molecule has 21 heavy (non-hydrogen) atoms. The summed E-state index contributed by atoms with van der Waals surface area (Å²) in [5.74, 6) is -1.01. The Labute approximate surface area is 138 Å². The van der Waals surface area contributed by atoms with Crippen LogP contribution < -0.4 is 0 Å². The highest BCUT2D eigenvalue weighted by atomic mass is 79.9. The van der Waals surface area contributed by atoms with Crippen LogP contribution >= 0.6 is 38.6 Å². The average Bonchev–Trinajstić information content (AvgIpc) is 3.04. The van der Waals surface area contributed by atoms with Gasteiger partial charge in [-0.1, -0.05) is 0 Å². The molecule has 7 heteroatoms. The minimum absolute atomic E-state index is 0.0343. The first-order chi connectivity index (χ1) is 9.95. The molecule has 0 unspecified atom stereocenters. The van der Waals surface area contributed by atoms with E-state index in [9.17, 15) is 9.59 Å². The number of hydrogen-bond acceptors (Lipinski definition) is 4. The second kappa shape index (κ2) is 7.02. The first kappa shape index (κ1) is 15.9. The van der Waals surface area contributed by atoms with E-state index < -0.39 is 5.97 Å². The monoisotopic (exact) mass is 385 g/mol. The van der Waals surface area contributed by atoms with Gasteiger partial charge in [0.1, 0.15) is 0 Å². The van der Waals surface area contributed by atoms with Crippen LogP contribution in [-0.4, -0.2) is 28.9 Å². The van der Waals surface area contributed by atoms with Crippen LogP contribution in [0.4, 0.5) is 0 Å². The molecule has 110 valence electrons. The lowest BCUT2D eigenvalue weighted by atomic mass is 10.2. The van der Waals surface area contributed by atoms with Crippen LogP contribution in [0.2, 0.25) is 0 Å². The molecule has 0 saturated carbocycles. The molecular formula is C14H12BrNO3S2. The molecule has 0 aliphatic carbocycles. The van der Waals surface area contributed by atoms with Gasteiger partial charge in [0.2, 0.25) is 0 Å². The molecule has 0 bridgehead atoms. The second-order valence-corrected chi connectivity index (χ2v) is 7.60. The minimum Gasteiger partial charge on any atom is -0.478 e. The standard InChI is InChI=1S/C14H12BrNO3S2/c1-16(14(19)10-5-12(15)21-8-10)6-11-4-9(7-20-11)2-3-13(17)18/h2-5,7-8H,6H2,1H3,(H,17,18)/b3-2+. The van der Waals surface area contributed by atoms with E-state index in [1.54, 1.807) is 24.1 Å². The summed E-state index contributed by atoms with van der Waals surface area (Å²) in [5, 5.41) is 12.3. The predicted octanol–water partition coefficient (Wildman–Crippen LogP) is 3.94. The zero-order valence-corrected chi connectivity index (χ0v) is 14.3. The number of nitrogens with zero attached hydrogens (tertiary/aromatic N) is 1. The van der Waals surface area contributed by atoms with E-state index in [0.29, 0.717) is 12.1 Å². The Morgan fingerprint density at radius 3 is 2.71 bits per heavy atom. The van der Waals surface area contributed by atoms with Crippen LogP contribution in [0.1, 0.15) is 20.8 Å². The third-order valence-corrected chi connectivity index (χ3v) is 5.09. The van der Waals surface area contributed by atoms with Crippen molar-refractivity contribution < 1.29 is 14.7 Å². The maximum Gasteiger partial charge on any atom is 0.328 e. The van der Waals surface area contributed by atoms with Crippen LogP contribution in [-0.2, 0) is 11.3 Å². The van der Waals surface area contributed by atoms with Gasteiger partial charge in [0, 0.05) is 23.4 Å². The Morgan fingerprint density at radius 1 is 1.33 bits per heavy atom. The van der Waals surface area contributed by atoms with Gasteiger partial charge in [-0.05, 0) is 45.1 Å². The zero-order valence-electron chi connectivity index (χ0n) is 11.1. The fourth-order valence-corrected chi connectivity index (χ4v) is 3.72. The van der Waals surface area contributed by atoms with Gasteiger partial charge in [0.05, 0.1) is 15.9 Å². The van der Waals surface area contributed by atoms with Gasteiger partial charge in [-0.2, -0.15) is 0 Å². The Hall–Kier alpha value is -1.44. The van der Waals surface area contributed by atoms with Crippen molar-refractivity contribution in [3.63, 3.8) is 0 Å². The van der Waals surface area contributed by atoms with Gasteiger partial charge in [-0.25, -0.2) is 4.79 Å².